The van der Waals surface area contributed by atoms with Crippen molar-refractivity contribution in [3.05, 3.63) is 128 Å². The minimum atomic E-state index is -0.520. The summed E-state index contributed by atoms with van der Waals surface area (Å²) in [4.78, 5) is 49.3. The van der Waals surface area contributed by atoms with Crippen molar-refractivity contribution in [3.63, 3.8) is 0 Å². The van der Waals surface area contributed by atoms with Crippen molar-refractivity contribution in [2.75, 3.05) is 0 Å². The van der Waals surface area contributed by atoms with Crippen LogP contribution in [0.5, 0.6) is 11.5 Å². The smallest absolute Gasteiger partial charge is 0.742 e. The van der Waals surface area contributed by atoms with Crippen LogP contribution >= 0.6 is 12.6 Å². The second-order valence-electron chi connectivity index (χ2n) is 18.8. The molecule has 0 saturated heterocycles. The average molecular weight is 875 g/mol. The normalized spacial score (nSPS) is 12.5. The Morgan fingerprint density at radius 2 is 0.902 bits per heavy atom. The molecule has 0 fully saturated rings. The van der Waals surface area contributed by atoms with Crippen molar-refractivity contribution in [1.82, 2.24) is 0 Å². The summed E-state index contributed by atoms with van der Waals surface area (Å²) in [5.41, 5.74) is 9.13. The maximum atomic E-state index is 13.0. The third-order valence-corrected chi connectivity index (χ3v) is 11.1. The molecule has 0 unspecified atom stereocenters. The molecule has 0 aliphatic rings. The summed E-state index contributed by atoms with van der Waals surface area (Å²) in [6.45, 7) is 28.3. The van der Waals surface area contributed by atoms with Crippen LogP contribution in [0.1, 0.15) is 150 Å². The van der Waals surface area contributed by atoms with E-state index in [1.54, 1.807) is 0 Å². The van der Waals surface area contributed by atoms with Crippen LogP contribution < -0.4 is 39.0 Å². The summed E-state index contributed by atoms with van der Waals surface area (Å²) in [7, 11) is 0. The Morgan fingerprint density at radius 3 is 1.20 bits per heavy atom. The minimum Gasteiger partial charge on any atom is -0.742 e. The largest absolute Gasteiger partial charge is 1.00 e. The first-order valence-corrected chi connectivity index (χ1v) is 21.9. The van der Waals surface area contributed by atoms with Gasteiger partial charge in [0.2, 0.25) is 0 Å². The van der Waals surface area contributed by atoms with Gasteiger partial charge in [-0.1, -0.05) is 116 Å². The summed E-state index contributed by atoms with van der Waals surface area (Å²) in [6.07, 6.45) is 2.51. The molecule has 2 atom stereocenters. The molecule has 4 rings (SSSR count). The van der Waals surface area contributed by atoms with E-state index in [4.69, 9.17) is 22.1 Å². The Labute approximate surface area is 399 Å². The molecular weight excluding hydrogens is 808 g/mol. The van der Waals surface area contributed by atoms with E-state index in [-0.39, 0.29) is 70.5 Å². The third kappa shape index (κ3) is 16.1. The number of esters is 2. The number of rotatable bonds is 16. The molecule has 61 heavy (non-hydrogen) atoms. The van der Waals surface area contributed by atoms with Crippen molar-refractivity contribution < 1.29 is 58.2 Å². The van der Waals surface area contributed by atoms with E-state index in [1.165, 1.54) is 11.1 Å². The van der Waals surface area contributed by atoms with E-state index >= 15 is 0 Å². The van der Waals surface area contributed by atoms with E-state index in [2.05, 4.69) is 64.6 Å². The van der Waals surface area contributed by atoms with Crippen LogP contribution in [0.2, 0.25) is 0 Å². The van der Waals surface area contributed by atoms with Gasteiger partial charge in [-0.05, 0) is 135 Å². The van der Waals surface area contributed by atoms with Crippen molar-refractivity contribution in [2.24, 2.45) is 11.8 Å². The van der Waals surface area contributed by atoms with Crippen LogP contribution in [-0.2, 0) is 55.5 Å². The monoisotopic (exact) mass is 874 g/mol. The molecule has 0 amide bonds. The fraction of sp³-hybridized carbons (Fsp3) is 0.462. The number of hydrogen-bond donors (Lipinski definition) is 1. The number of carbonyl (C=O) groups is 4. The van der Waals surface area contributed by atoms with Gasteiger partial charge in [-0.15, -0.1) is 12.6 Å². The van der Waals surface area contributed by atoms with Crippen LogP contribution in [0.25, 0.3) is 0 Å². The number of carbonyl (C=O) groups excluding carboxylic acids is 4. The van der Waals surface area contributed by atoms with Gasteiger partial charge in [0.1, 0.15) is 11.5 Å². The molecule has 0 spiro atoms. The molecule has 9 heteroatoms. The first-order valence-electron chi connectivity index (χ1n) is 21.1. The van der Waals surface area contributed by atoms with E-state index in [0.29, 0.717) is 23.3 Å². The molecule has 4 aromatic rings. The first-order chi connectivity index (χ1) is 27.8. The molecule has 0 bridgehead atoms. The van der Waals surface area contributed by atoms with Gasteiger partial charge in [0.05, 0.1) is 11.8 Å². The Morgan fingerprint density at radius 1 is 0.574 bits per heavy atom. The van der Waals surface area contributed by atoms with Crippen LogP contribution in [-0.4, -0.2) is 22.2 Å². The van der Waals surface area contributed by atoms with Gasteiger partial charge >= 0.3 is 41.5 Å². The summed E-state index contributed by atoms with van der Waals surface area (Å²) >= 11 is 8.79. The van der Waals surface area contributed by atoms with Crippen LogP contribution in [0, 0.1) is 39.5 Å². The standard InChI is InChI=1S/2C26H34O3S.Na/c2*1-16(2)12-20-8-10-21(11-9-20)19(5)25(28)29-22-14-17(3)13-18(4)24(22)26(6,7)15-23(27)30;/h2*8-11,13-14,16,19H,12,15H2,1-7H3,(H,27,30);/q;;+1/p-1/t2*19-;/m00./s1. The summed E-state index contributed by atoms with van der Waals surface area (Å²) in [5, 5.41) is -0.487. The Bertz CT molecular complexity index is 1980. The average Bonchev–Trinajstić information content (AvgIpc) is 3.09. The quantitative estimate of drug-likeness (QED) is 0.0395. The zero-order chi connectivity index (χ0) is 45.3. The van der Waals surface area contributed by atoms with Gasteiger partial charge in [-0.3, -0.25) is 14.4 Å². The SMILES string of the molecule is Cc1cc(C)c(C(C)(C)CC(=O)S)c(OC(=O)[C@@H](C)c2ccc(CC(C)C)cc2)c1.Cc1cc(C)c(C(C)(C)CC(=O)[S-])c(OC(=O)[C@@H](C)c2ccc(CC(C)C)cc2)c1.[Na+]. The third-order valence-electron chi connectivity index (χ3n) is 10.8. The van der Waals surface area contributed by atoms with Crippen molar-refractivity contribution in [2.45, 2.75) is 145 Å². The topological polar surface area (TPSA) is 86.7 Å². The summed E-state index contributed by atoms with van der Waals surface area (Å²) in [6, 6.07) is 24.2. The van der Waals surface area contributed by atoms with Gasteiger partial charge in [0, 0.05) is 28.1 Å². The van der Waals surface area contributed by atoms with Crippen molar-refractivity contribution in [3.8, 4) is 11.5 Å². The number of aryl methyl sites for hydroxylation is 4. The predicted octanol–water partition coefficient (Wildman–Crippen LogP) is 9.29. The van der Waals surface area contributed by atoms with Gasteiger partial charge in [0.15, 0.2) is 5.12 Å². The molecule has 0 heterocycles. The molecule has 324 valence electrons. The van der Waals surface area contributed by atoms with Crippen LogP contribution in [0.15, 0.2) is 72.8 Å². The first kappa shape index (κ1) is 53.9. The van der Waals surface area contributed by atoms with Gasteiger partial charge < -0.3 is 26.9 Å². The second kappa shape index (κ2) is 23.4. The fourth-order valence-electron chi connectivity index (χ4n) is 8.16. The fourth-order valence-corrected chi connectivity index (χ4v) is 8.92. The van der Waals surface area contributed by atoms with Gasteiger partial charge in [0.25, 0.3) is 0 Å². The number of thiol groups is 1. The second-order valence-corrected chi connectivity index (χ2v) is 19.7. The molecule has 4 aromatic carbocycles. The zero-order valence-electron chi connectivity index (χ0n) is 39.4. The summed E-state index contributed by atoms with van der Waals surface area (Å²) in [5.74, 6) is 0.837. The van der Waals surface area contributed by atoms with Gasteiger partial charge in [-0.25, -0.2) is 0 Å². The van der Waals surface area contributed by atoms with Crippen molar-refractivity contribution in [1.29, 1.82) is 0 Å². The molecular formula is C52H67NaO6S2. The Balaban J connectivity index is 0.000000413. The minimum absolute atomic E-state index is 0. The molecule has 0 saturated carbocycles. The van der Waals surface area contributed by atoms with E-state index in [1.807, 2.05) is 118 Å². The maximum Gasteiger partial charge on any atom is 1.00 e. The van der Waals surface area contributed by atoms with Crippen molar-refractivity contribution >= 4 is 47.4 Å². The predicted molar refractivity (Wildman–Crippen MR) is 252 cm³/mol. The number of ether oxygens (including phenoxy) is 2. The zero-order valence-corrected chi connectivity index (χ0v) is 43.1. The molecule has 0 radical (unpaired) electrons. The van der Waals surface area contributed by atoms with Gasteiger partial charge in [-0.2, -0.15) is 0 Å². The molecule has 0 N–H and O–H groups in total. The Hall–Kier alpha value is -3.27. The molecule has 0 aliphatic heterocycles. The molecule has 0 aliphatic carbocycles. The molecule has 6 nitrogen and oxygen atoms in total. The maximum absolute atomic E-state index is 13.0. The Kier molecular flexibility index (Phi) is 20.7. The van der Waals surface area contributed by atoms with E-state index < -0.39 is 16.7 Å². The van der Waals surface area contributed by atoms with Crippen LogP contribution in [0.3, 0.4) is 0 Å². The van der Waals surface area contributed by atoms with E-state index in [9.17, 15) is 19.2 Å². The summed E-state index contributed by atoms with van der Waals surface area (Å²) < 4.78 is 11.8. The molecule has 0 aromatic heterocycles. The van der Waals surface area contributed by atoms with Crippen LogP contribution in [0.4, 0.5) is 0 Å². The number of hydrogen-bond acceptors (Lipinski definition) is 7. The van der Waals surface area contributed by atoms with E-state index in [0.717, 1.165) is 57.3 Å². The number of benzene rings is 4.